The average Bonchev–Trinajstić information content (AvgIpc) is 2.74. The van der Waals surface area contributed by atoms with Crippen molar-refractivity contribution in [3.63, 3.8) is 0 Å². The van der Waals surface area contributed by atoms with Crippen LogP contribution in [0.5, 0.6) is 0 Å². The molecule has 0 aliphatic carbocycles. The third-order valence-corrected chi connectivity index (χ3v) is 7.23. The normalized spacial score (nSPS) is 16.4. The molecule has 1 aliphatic rings. The molecule has 6 nitrogen and oxygen atoms in total. The van der Waals surface area contributed by atoms with E-state index in [1.54, 1.807) is 0 Å². The highest BCUT2D eigenvalue weighted by Crippen LogP contribution is 2.26. The zero-order valence-electron chi connectivity index (χ0n) is 17.2. The van der Waals surface area contributed by atoms with Gasteiger partial charge in [0, 0.05) is 13.1 Å². The predicted octanol–water partition coefficient (Wildman–Crippen LogP) is 3.88. The number of halogens is 1. The molecule has 0 bridgehead atoms. The van der Waals surface area contributed by atoms with E-state index >= 15 is 0 Å². The van der Waals surface area contributed by atoms with Crippen LogP contribution in [-0.2, 0) is 14.8 Å². The first kappa shape index (κ1) is 22.7. The van der Waals surface area contributed by atoms with Crippen molar-refractivity contribution in [1.29, 1.82) is 0 Å². The van der Waals surface area contributed by atoms with E-state index in [1.807, 2.05) is 30.3 Å². The molecule has 1 saturated heterocycles. The van der Waals surface area contributed by atoms with Crippen molar-refractivity contribution in [1.82, 2.24) is 9.62 Å². The highest BCUT2D eigenvalue weighted by atomic mass is 35.5. The minimum Gasteiger partial charge on any atom is -0.379 e. The van der Waals surface area contributed by atoms with E-state index in [4.69, 9.17) is 16.3 Å². The molecule has 1 N–H and O–H groups in total. The molecule has 0 spiro atoms. The molecule has 1 heterocycles. The van der Waals surface area contributed by atoms with Crippen molar-refractivity contribution >= 4 is 27.5 Å². The van der Waals surface area contributed by atoms with E-state index in [0.717, 1.165) is 12.0 Å². The van der Waals surface area contributed by atoms with Crippen molar-refractivity contribution in [2.45, 2.75) is 31.2 Å². The molecule has 0 aromatic heterocycles. The highest BCUT2D eigenvalue weighted by Gasteiger charge is 2.28. The second kappa shape index (κ2) is 9.92. The van der Waals surface area contributed by atoms with Crippen LogP contribution in [-0.4, -0.2) is 44.9 Å². The lowest BCUT2D eigenvalue weighted by Crippen LogP contribution is -2.40. The van der Waals surface area contributed by atoms with Gasteiger partial charge in [-0.2, -0.15) is 4.31 Å². The molecule has 3 rings (SSSR count). The molecular formula is C22H27ClN2O4S. The molecule has 1 aliphatic heterocycles. The van der Waals surface area contributed by atoms with Gasteiger partial charge >= 0.3 is 0 Å². The van der Waals surface area contributed by atoms with Crippen LogP contribution in [0.3, 0.4) is 0 Å². The molecule has 2 aromatic carbocycles. The molecule has 30 heavy (non-hydrogen) atoms. The zero-order valence-corrected chi connectivity index (χ0v) is 18.7. The number of nitrogens with one attached hydrogen (secondary N) is 1. The van der Waals surface area contributed by atoms with Crippen molar-refractivity contribution in [2.75, 3.05) is 26.3 Å². The van der Waals surface area contributed by atoms with Gasteiger partial charge in [0.05, 0.1) is 34.7 Å². The van der Waals surface area contributed by atoms with Gasteiger partial charge in [0.2, 0.25) is 10.0 Å². The first-order valence-electron chi connectivity index (χ1n) is 10.0. The Labute approximate surface area is 183 Å². The number of amides is 1. The molecule has 162 valence electrons. The summed E-state index contributed by atoms with van der Waals surface area (Å²) in [5.74, 6) is -0.0347. The molecule has 0 unspecified atom stereocenters. The van der Waals surface area contributed by atoms with Crippen molar-refractivity contribution < 1.29 is 17.9 Å². The lowest BCUT2D eigenvalue weighted by molar-refractivity contribution is 0.0730. The summed E-state index contributed by atoms with van der Waals surface area (Å²) < 4.78 is 32.5. The standard InChI is InChI=1S/C22H27ClN2O4S/c1-16(2)14-21(17-6-4-3-5-7-17)24-22(26)19-15-18(8-9-20(19)23)30(27,28)25-10-12-29-13-11-25/h3-9,15-16,21H,10-14H2,1-2H3,(H,24,26)/t21-/m1/s1. The number of hydrogen-bond donors (Lipinski definition) is 1. The monoisotopic (exact) mass is 450 g/mol. The summed E-state index contributed by atoms with van der Waals surface area (Å²) in [6.45, 7) is 5.46. The third kappa shape index (κ3) is 5.40. The molecule has 2 aromatic rings. The second-order valence-electron chi connectivity index (χ2n) is 7.72. The fourth-order valence-electron chi connectivity index (χ4n) is 3.45. The van der Waals surface area contributed by atoms with Gasteiger partial charge < -0.3 is 10.1 Å². The molecule has 0 radical (unpaired) electrons. The number of benzene rings is 2. The number of morpholine rings is 1. The van der Waals surface area contributed by atoms with Crippen LogP contribution in [0.1, 0.15) is 42.2 Å². The number of carbonyl (C=O) groups is 1. The summed E-state index contributed by atoms with van der Waals surface area (Å²) in [5, 5.41) is 3.24. The summed E-state index contributed by atoms with van der Waals surface area (Å²) in [5.41, 5.74) is 1.14. The second-order valence-corrected chi connectivity index (χ2v) is 10.1. The van der Waals surface area contributed by atoms with Crippen LogP contribution in [0.25, 0.3) is 0 Å². The summed E-state index contributed by atoms with van der Waals surface area (Å²) in [6.07, 6.45) is 0.749. The SMILES string of the molecule is CC(C)C[C@@H](NC(=O)c1cc(S(=O)(=O)N2CCOCC2)ccc1Cl)c1ccccc1. The van der Waals surface area contributed by atoms with E-state index < -0.39 is 15.9 Å². The fraction of sp³-hybridized carbons (Fsp3) is 0.409. The van der Waals surface area contributed by atoms with Gasteiger partial charge in [-0.3, -0.25) is 4.79 Å². The topological polar surface area (TPSA) is 75.7 Å². The Morgan fingerprint density at radius 3 is 2.43 bits per heavy atom. The Morgan fingerprint density at radius 1 is 1.13 bits per heavy atom. The van der Waals surface area contributed by atoms with Crippen molar-refractivity contribution in [3.8, 4) is 0 Å². The third-order valence-electron chi connectivity index (χ3n) is 5.00. The molecule has 1 atom stereocenters. The number of carbonyl (C=O) groups excluding carboxylic acids is 1. The molecule has 0 saturated carbocycles. The Kier molecular flexibility index (Phi) is 7.52. The van der Waals surface area contributed by atoms with Gasteiger partial charge in [-0.05, 0) is 36.1 Å². The maximum atomic E-state index is 13.1. The smallest absolute Gasteiger partial charge is 0.253 e. The van der Waals surface area contributed by atoms with Crippen LogP contribution in [0, 0.1) is 5.92 Å². The summed E-state index contributed by atoms with van der Waals surface area (Å²) in [4.78, 5) is 13.1. The van der Waals surface area contributed by atoms with Crippen LogP contribution in [0.15, 0.2) is 53.4 Å². The maximum absolute atomic E-state index is 13.1. The summed E-state index contributed by atoms with van der Waals surface area (Å²) in [7, 11) is -3.72. The quantitative estimate of drug-likeness (QED) is 0.694. The number of hydrogen-bond acceptors (Lipinski definition) is 4. The van der Waals surface area contributed by atoms with Gasteiger partial charge in [-0.1, -0.05) is 55.8 Å². The Morgan fingerprint density at radius 2 is 1.80 bits per heavy atom. The van der Waals surface area contributed by atoms with Crippen molar-refractivity contribution in [3.05, 3.63) is 64.7 Å². The van der Waals surface area contributed by atoms with E-state index in [1.165, 1.54) is 22.5 Å². The number of ether oxygens (including phenoxy) is 1. The van der Waals surface area contributed by atoms with Gasteiger partial charge in [0.25, 0.3) is 5.91 Å². The lowest BCUT2D eigenvalue weighted by atomic mass is 9.96. The van der Waals surface area contributed by atoms with Crippen LogP contribution >= 0.6 is 11.6 Å². The lowest BCUT2D eigenvalue weighted by Gasteiger charge is -2.26. The van der Waals surface area contributed by atoms with Crippen LogP contribution < -0.4 is 5.32 Å². The van der Waals surface area contributed by atoms with Crippen molar-refractivity contribution in [2.24, 2.45) is 5.92 Å². The summed E-state index contributed by atoms with van der Waals surface area (Å²) in [6, 6.07) is 13.8. The van der Waals surface area contributed by atoms with Gasteiger partial charge in [-0.15, -0.1) is 0 Å². The van der Waals surface area contributed by atoms with Gasteiger partial charge in [-0.25, -0.2) is 8.42 Å². The minimum absolute atomic E-state index is 0.0547. The number of sulfonamides is 1. The number of rotatable bonds is 7. The maximum Gasteiger partial charge on any atom is 0.253 e. The minimum atomic E-state index is -3.72. The van der Waals surface area contributed by atoms with E-state index in [9.17, 15) is 13.2 Å². The largest absolute Gasteiger partial charge is 0.379 e. The van der Waals surface area contributed by atoms with E-state index in [-0.39, 0.29) is 34.6 Å². The summed E-state index contributed by atoms with van der Waals surface area (Å²) >= 11 is 6.27. The van der Waals surface area contributed by atoms with E-state index in [2.05, 4.69) is 19.2 Å². The molecule has 1 amide bonds. The molecule has 8 heteroatoms. The Hall–Kier alpha value is -1.93. The predicted molar refractivity (Wildman–Crippen MR) is 117 cm³/mol. The highest BCUT2D eigenvalue weighted by molar-refractivity contribution is 7.89. The van der Waals surface area contributed by atoms with Gasteiger partial charge in [0.1, 0.15) is 0 Å². The van der Waals surface area contributed by atoms with Crippen LogP contribution in [0.2, 0.25) is 5.02 Å². The number of nitrogens with zero attached hydrogens (tertiary/aromatic N) is 1. The van der Waals surface area contributed by atoms with E-state index in [0.29, 0.717) is 19.1 Å². The fourth-order valence-corrected chi connectivity index (χ4v) is 5.08. The van der Waals surface area contributed by atoms with Crippen LogP contribution in [0.4, 0.5) is 0 Å². The first-order valence-corrected chi connectivity index (χ1v) is 11.8. The Bertz CT molecular complexity index is 974. The molecular weight excluding hydrogens is 424 g/mol. The zero-order chi connectivity index (χ0) is 21.7. The average molecular weight is 451 g/mol. The Balaban J connectivity index is 1.87. The first-order chi connectivity index (χ1) is 14.3. The van der Waals surface area contributed by atoms with Gasteiger partial charge in [0.15, 0.2) is 0 Å². The molecule has 1 fully saturated rings.